The highest BCUT2D eigenvalue weighted by molar-refractivity contribution is 6.08. The van der Waals surface area contributed by atoms with E-state index in [-0.39, 0.29) is 5.91 Å². The summed E-state index contributed by atoms with van der Waals surface area (Å²) in [7, 11) is 0. The Morgan fingerprint density at radius 2 is 1.76 bits per heavy atom. The van der Waals surface area contributed by atoms with Crippen molar-refractivity contribution in [2.24, 2.45) is 5.73 Å². The lowest BCUT2D eigenvalue weighted by Crippen LogP contribution is -2.32. The Morgan fingerprint density at radius 1 is 1.00 bits per heavy atom. The summed E-state index contributed by atoms with van der Waals surface area (Å²) in [6, 6.07) is 24.4. The Balaban J connectivity index is 1.58. The van der Waals surface area contributed by atoms with Crippen molar-refractivity contribution >= 4 is 11.6 Å². The lowest BCUT2D eigenvalue weighted by atomic mass is 10.0. The molecule has 0 atom stereocenters. The fourth-order valence-electron chi connectivity index (χ4n) is 4.73. The average molecular weight is 437 g/mol. The van der Waals surface area contributed by atoms with E-state index in [1.165, 1.54) is 5.56 Å². The molecule has 0 saturated heterocycles. The summed E-state index contributed by atoms with van der Waals surface area (Å²) >= 11 is 0. The van der Waals surface area contributed by atoms with Gasteiger partial charge >= 0.3 is 0 Å². The molecule has 1 aliphatic rings. The summed E-state index contributed by atoms with van der Waals surface area (Å²) in [6.45, 7) is 5.87. The van der Waals surface area contributed by atoms with Gasteiger partial charge in [-0.1, -0.05) is 54.6 Å². The number of hydrogen-bond acceptors (Lipinski definition) is 3. The molecule has 3 aromatic carbocycles. The van der Waals surface area contributed by atoms with Gasteiger partial charge in [-0.15, -0.1) is 0 Å². The third-order valence-corrected chi connectivity index (χ3v) is 6.49. The summed E-state index contributed by atoms with van der Waals surface area (Å²) in [5, 5.41) is 0. The molecule has 0 radical (unpaired) electrons. The maximum atomic E-state index is 13.7. The van der Waals surface area contributed by atoms with Crippen molar-refractivity contribution in [1.29, 1.82) is 0 Å². The Labute approximate surface area is 194 Å². The van der Waals surface area contributed by atoms with E-state index in [0.29, 0.717) is 25.1 Å². The minimum absolute atomic E-state index is 0.00519. The first kappa shape index (κ1) is 21.2. The van der Waals surface area contributed by atoms with Crippen LogP contribution in [0.15, 0.2) is 72.8 Å². The van der Waals surface area contributed by atoms with Gasteiger partial charge in [0, 0.05) is 37.2 Å². The van der Waals surface area contributed by atoms with Crippen molar-refractivity contribution in [1.82, 2.24) is 9.55 Å². The molecular formula is C28H28N4O. The number of carbonyl (C=O) groups excluding carboxylic acids is 1. The van der Waals surface area contributed by atoms with Crippen LogP contribution in [0.25, 0.3) is 11.3 Å². The maximum absolute atomic E-state index is 13.7. The molecule has 2 heterocycles. The summed E-state index contributed by atoms with van der Waals surface area (Å²) in [4.78, 5) is 20.5. The minimum atomic E-state index is 0.00519. The molecule has 166 valence electrons. The second-order valence-electron chi connectivity index (χ2n) is 8.60. The second kappa shape index (κ2) is 8.68. The van der Waals surface area contributed by atoms with E-state index in [1.807, 2.05) is 54.3 Å². The van der Waals surface area contributed by atoms with Crippen molar-refractivity contribution in [3.63, 3.8) is 0 Å². The molecule has 0 saturated carbocycles. The standard InChI is InChI=1S/C28H28N4O/c1-19-16-22(12-13-23(19)17-29)28(33)31-15-14-25-27(24-10-6-7-11-26(24)31)32(20(2)30-25)18-21-8-4-3-5-9-21/h3-13,16H,14-15,17-18,29H2,1-2H3. The number of para-hydroxylation sites is 1. The van der Waals surface area contributed by atoms with Gasteiger partial charge in [-0.05, 0) is 48.7 Å². The Hall–Kier alpha value is -3.70. The summed E-state index contributed by atoms with van der Waals surface area (Å²) in [5.41, 5.74) is 14.0. The molecular weight excluding hydrogens is 408 g/mol. The Bertz CT molecular complexity index is 1320. The number of amides is 1. The zero-order valence-electron chi connectivity index (χ0n) is 19.1. The van der Waals surface area contributed by atoms with E-state index in [0.717, 1.165) is 46.1 Å². The average Bonchev–Trinajstić information content (AvgIpc) is 3.04. The Morgan fingerprint density at radius 3 is 2.52 bits per heavy atom. The zero-order valence-corrected chi connectivity index (χ0v) is 19.1. The molecule has 33 heavy (non-hydrogen) atoms. The molecule has 0 spiro atoms. The van der Waals surface area contributed by atoms with Gasteiger partial charge in [-0.25, -0.2) is 4.98 Å². The number of imidazole rings is 1. The molecule has 0 unspecified atom stereocenters. The number of anilines is 1. The van der Waals surface area contributed by atoms with Crippen LogP contribution >= 0.6 is 0 Å². The van der Waals surface area contributed by atoms with E-state index in [1.54, 1.807) is 0 Å². The highest BCUT2D eigenvalue weighted by Gasteiger charge is 2.28. The molecule has 1 amide bonds. The van der Waals surface area contributed by atoms with Gasteiger partial charge < -0.3 is 15.2 Å². The third kappa shape index (κ3) is 3.85. The van der Waals surface area contributed by atoms with Crippen LogP contribution in [0.1, 0.15) is 38.6 Å². The SMILES string of the molecule is Cc1cc(C(=O)N2CCc3nc(C)n(Cc4ccccc4)c3-c3ccccc32)ccc1CN. The highest BCUT2D eigenvalue weighted by Crippen LogP contribution is 2.38. The second-order valence-corrected chi connectivity index (χ2v) is 8.60. The van der Waals surface area contributed by atoms with E-state index in [9.17, 15) is 4.79 Å². The fourth-order valence-corrected chi connectivity index (χ4v) is 4.73. The number of aromatic nitrogens is 2. The fraction of sp³-hybridized carbons (Fsp3) is 0.214. The number of rotatable bonds is 4. The van der Waals surface area contributed by atoms with Crippen LogP contribution in [0.5, 0.6) is 0 Å². The number of fused-ring (bicyclic) bond motifs is 3. The van der Waals surface area contributed by atoms with Crippen LogP contribution in [0, 0.1) is 13.8 Å². The van der Waals surface area contributed by atoms with Crippen LogP contribution in [0.4, 0.5) is 5.69 Å². The number of benzene rings is 3. The normalized spacial score (nSPS) is 12.8. The highest BCUT2D eigenvalue weighted by atomic mass is 16.2. The molecule has 5 rings (SSSR count). The minimum Gasteiger partial charge on any atom is -0.326 e. The van der Waals surface area contributed by atoms with Crippen molar-refractivity contribution < 1.29 is 4.79 Å². The number of nitrogens with two attached hydrogens (primary N) is 1. The van der Waals surface area contributed by atoms with E-state index < -0.39 is 0 Å². The van der Waals surface area contributed by atoms with Gasteiger partial charge in [0.05, 0.1) is 17.1 Å². The zero-order chi connectivity index (χ0) is 22.9. The molecule has 0 bridgehead atoms. The number of aryl methyl sites for hydroxylation is 2. The largest absolute Gasteiger partial charge is 0.326 e. The van der Waals surface area contributed by atoms with Crippen LogP contribution in [0.3, 0.4) is 0 Å². The summed E-state index contributed by atoms with van der Waals surface area (Å²) in [6.07, 6.45) is 0.707. The monoisotopic (exact) mass is 436 g/mol. The molecule has 0 aliphatic carbocycles. The third-order valence-electron chi connectivity index (χ3n) is 6.49. The van der Waals surface area contributed by atoms with Crippen molar-refractivity contribution in [2.45, 2.75) is 33.4 Å². The van der Waals surface area contributed by atoms with Gasteiger partial charge in [-0.2, -0.15) is 0 Å². The van der Waals surface area contributed by atoms with Gasteiger partial charge in [-0.3, -0.25) is 4.79 Å². The maximum Gasteiger partial charge on any atom is 0.258 e. The molecule has 5 heteroatoms. The van der Waals surface area contributed by atoms with Crippen molar-refractivity contribution in [2.75, 3.05) is 11.4 Å². The number of hydrogen-bond donors (Lipinski definition) is 1. The molecule has 4 aromatic rings. The Kier molecular flexibility index (Phi) is 5.56. The molecule has 5 nitrogen and oxygen atoms in total. The first-order chi connectivity index (χ1) is 16.1. The number of nitrogens with zero attached hydrogens (tertiary/aromatic N) is 3. The molecule has 1 aliphatic heterocycles. The molecule has 0 fully saturated rings. The quantitative estimate of drug-likeness (QED) is 0.496. The number of carbonyl (C=O) groups is 1. The molecule has 2 N–H and O–H groups in total. The van der Waals surface area contributed by atoms with Gasteiger partial charge in [0.25, 0.3) is 5.91 Å². The first-order valence-corrected chi connectivity index (χ1v) is 11.4. The lowest BCUT2D eigenvalue weighted by molar-refractivity contribution is 0.0987. The predicted molar refractivity (Wildman–Crippen MR) is 132 cm³/mol. The molecule has 1 aromatic heterocycles. The van der Waals surface area contributed by atoms with Crippen LogP contribution in [0.2, 0.25) is 0 Å². The van der Waals surface area contributed by atoms with Gasteiger partial charge in [0.1, 0.15) is 5.82 Å². The predicted octanol–water partition coefficient (Wildman–Crippen LogP) is 4.88. The first-order valence-electron chi connectivity index (χ1n) is 11.4. The van der Waals surface area contributed by atoms with Crippen LogP contribution in [-0.4, -0.2) is 22.0 Å². The van der Waals surface area contributed by atoms with E-state index in [4.69, 9.17) is 10.7 Å². The van der Waals surface area contributed by atoms with Crippen molar-refractivity contribution in [3.05, 3.63) is 107 Å². The topological polar surface area (TPSA) is 64.2 Å². The van der Waals surface area contributed by atoms with Gasteiger partial charge in [0.15, 0.2) is 0 Å². The van der Waals surface area contributed by atoms with E-state index in [2.05, 4.69) is 41.8 Å². The lowest BCUT2D eigenvalue weighted by Gasteiger charge is -2.24. The van der Waals surface area contributed by atoms with Crippen LogP contribution in [-0.2, 0) is 19.5 Å². The van der Waals surface area contributed by atoms with Crippen molar-refractivity contribution in [3.8, 4) is 11.3 Å². The summed E-state index contributed by atoms with van der Waals surface area (Å²) < 4.78 is 2.28. The van der Waals surface area contributed by atoms with Gasteiger partial charge in [0.2, 0.25) is 0 Å². The smallest absolute Gasteiger partial charge is 0.258 e. The summed E-state index contributed by atoms with van der Waals surface area (Å²) in [5.74, 6) is 0.997. The van der Waals surface area contributed by atoms with Crippen LogP contribution < -0.4 is 10.6 Å². The van der Waals surface area contributed by atoms with E-state index >= 15 is 0 Å².